The van der Waals surface area contributed by atoms with E-state index >= 15 is 0 Å². The molecule has 31 heavy (non-hydrogen) atoms. The van der Waals surface area contributed by atoms with E-state index in [1.807, 2.05) is 67.9 Å². The van der Waals surface area contributed by atoms with Gasteiger partial charge in [0.25, 0.3) is 5.56 Å². The number of hydrogen-bond donors (Lipinski definition) is 1. The van der Waals surface area contributed by atoms with Gasteiger partial charge in [-0.25, -0.2) is 4.98 Å². The predicted molar refractivity (Wildman–Crippen MR) is 121 cm³/mol. The summed E-state index contributed by atoms with van der Waals surface area (Å²) < 4.78 is 3.36. The Hall–Kier alpha value is -3.46. The summed E-state index contributed by atoms with van der Waals surface area (Å²) in [6.07, 6.45) is 2.06. The molecule has 1 amide bonds. The first kappa shape index (κ1) is 20.8. The zero-order valence-corrected chi connectivity index (χ0v) is 18.3. The Balaban J connectivity index is 1.49. The number of fused-ring (bicyclic) bond motifs is 1. The average Bonchev–Trinajstić information content (AvgIpc) is 3.09. The number of rotatable bonds is 6. The van der Waals surface area contributed by atoms with Gasteiger partial charge in [-0.1, -0.05) is 30.0 Å². The standard InChI is InChI=1S/C22H22N6O2S/c1-14-9-10-28-18(11-14)23-15(2)17(21(28)30)12-19-25-26-22(27(19)3)31-13-20(29)24-16-7-5-4-6-8-16/h4-11H,12-13H2,1-3H3,(H,24,29). The van der Waals surface area contributed by atoms with Crippen LogP contribution in [0.25, 0.3) is 5.65 Å². The molecular formula is C22H22N6O2S. The molecule has 158 valence electrons. The van der Waals surface area contributed by atoms with Crippen LogP contribution in [0.3, 0.4) is 0 Å². The van der Waals surface area contributed by atoms with Crippen LogP contribution in [0, 0.1) is 13.8 Å². The summed E-state index contributed by atoms with van der Waals surface area (Å²) in [6.45, 7) is 3.80. The maximum absolute atomic E-state index is 13.0. The van der Waals surface area contributed by atoms with Crippen LogP contribution in [-0.4, -0.2) is 35.8 Å². The maximum Gasteiger partial charge on any atom is 0.261 e. The second-order valence-electron chi connectivity index (χ2n) is 7.25. The summed E-state index contributed by atoms with van der Waals surface area (Å²) in [5.41, 5.74) is 3.57. The van der Waals surface area contributed by atoms with Crippen molar-refractivity contribution in [3.05, 3.63) is 81.7 Å². The van der Waals surface area contributed by atoms with Gasteiger partial charge in [0.2, 0.25) is 5.91 Å². The first-order valence-electron chi connectivity index (χ1n) is 9.77. The molecule has 0 bridgehead atoms. The Morgan fingerprint density at radius 3 is 2.68 bits per heavy atom. The van der Waals surface area contributed by atoms with Gasteiger partial charge < -0.3 is 9.88 Å². The lowest BCUT2D eigenvalue weighted by atomic mass is 10.1. The number of nitrogens with zero attached hydrogens (tertiary/aromatic N) is 5. The van der Waals surface area contributed by atoms with Gasteiger partial charge >= 0.3 is 0 Å². The van der Waals surface area contributed by atoms with Crippen molar-refractivity contribution in [2.45, 2.75) is 25.4 Å². The second kappa shape index (κ2) is 8.73. The van der Waals surface area contributed by atoms with Crippen molar-refractivity contribution in [2.24, 2.45) is 7.05 Å². The summed E-state index contributed by atoms with van der Waals surface area (Å²) in [5.74, 6) is 0.725. The van der Waals surface area contributed by atoms with Gasteiger partial charge in [0.15, 0.2) is 5.16 Å². The Labute approximate surface area is 183 Å². The number of thioether (sulfide) groups is 1. The Bertz CT molecular complexity index is 1310. The fourth-order valence-electron chi connectivity index (χ4n) is 3.22. The van der Waals surface area contributed by atoms with E-state index in [2.05, 4.69) is 20.5 Å². The van der Waals surface area contributed by atoms with Gasteiger partial charge in [-0.05, 0) is 43.7 Å². The van der Waals surface area contributed by atoms with Crippen LogP contribution in [-0.2, 0) is 18.3 Å². The van der Waals surface area contributed by atoms with Crippen LogP contribution < -0.4 is 10.9 Å². The van der Waals surface area contributed by atoms with Crippen molar-refractivity contribution in [1.29, 1.82) is 0 Å². The van der Waals surface area contributed by atoms with E-state index in [0.29, 0.717) is 34.3 Å². The third-order valence-corrected chi connectivity index (χ3v) is 5.96. The molecule has 1 N–H and O–H groups in total. The van der Waals surface area contributed by atoms with Gasteiger partial charge in [0.1, 0.15) is 11.5 Å². The van der Waals surface area contributed by atoms with Gasteiger partial charge in [-0.15, -0.1) is 10.2 Å². The van der Waals surface area contributed by atoms with Crippen LogP contribution in [0.15, 0.2) is 58.6 Å². The highest BCUT2D eigenvalue weighted by atomic mass is 32.2. The molecule has 0 radical (unpaired) electrons. The Morgan fingerprint density at radius 2 is 1.90 bits per heavy atom. The van der Waals surface area contributed by atoms with Crippen molar-refractivity contribution < 1.29 is 4.79 Å². The van der Waals surface area contributed by atoms with E-state index in [-0.39, 0.29) is 17.2 Å². The minimum Gasteiger partial charge on any atom is -0.325 e. The molecule has 0 atom stereocenters. The number of nitrogens with one attached hydrogen (secondary N) is 1. The minimum atomic E-state index is -0.121. The molecule has 0 unspecified atom stereocenters. The number of carbonyl (C=O) groups is 1. The van der Waals surface area contributed by atoms with Gasteiger partial charge in [-0.2, -0.15) is 0 Å². The summed E-state index contributed by atoms with van der Waals surface area (Å²) >= 11 is 1.30. The number of pyridine rings is 1. The fraction of sp³-hybridized carbons (Fsp3) is 0.227. The van der Waals surface area contributed by atoms with Crippen molar-refractivity contribution in [3.63, 3.8) is 0 Å². The van der Waals surface area contributed by atoms with E-state index in [0.717, 1.165) is 11.3 Å². The molecule has 3 heterocycles. The number of benzene rings is 1. The highest BCUT2D eigenvalue weighted by Crippen LogP contribution is 2.18. The third-order valence-electron chi connectivity index (χ3n) is 4.94. The SMILES string of the molecule is Cc1ccn2c(=O)c(Cc3nnc(SCC(=O)Nc4ccccc4)n3C)c(C)nc2c1. The van der Waals surface area contributed by atoms with Gasteiger partial charge in [0, 0.05) is 36.6 Å². The maximum atomic E-state index is 13.0. The average molecular weight is 435 g/mol. The van der Waals surface area contributed by atoms with Gasteiger partial charge in [-0.3, -0.25) is 14.0 Å². The predicted octanol–water partition coefficient (Wildman–Crippen LogP) is 2.76. The number of amides is 1. The molecule has 0 aliphatic rings. The first-order chi connectivity index (χ1) is 14.9. The minimum absolute atomic E-state index is 0.109. The quantitative estimate of drug-likeness (QED) is 0.469. The number of anilines is 1. The van der Waals surface area contributed by atoms with E-state index in [1.165, 1.54) is 11.8 Å². The van der Waals surface area contributed by atoms with Gasteiger partial charge in [0.05, 0.1) is 5.75 Å². The second-order valence-corrected chi connectivity index (χ2v) is 8.19. The van der Waals surface area contributed by atoms with Crippen LogP contribution in [0.4, 0.5) is 5.69 Å². The highest BCUT2D eigenvalue weighted by molar-refractivity contribution is 7.99. The van der Waals surface area contributed by atoms with Crippen molar-refractivity contribution >= 4 is 29.0 Å². The Kier molecular flexibility index (Phi) is 5.85. The molecular weight excluding hydrogens is 412 g/mol. The Morgan fingerprint density at radius 1 is 1.13 bits per heavy atom. The normalized spacial score (nSPS) is 11.1. The zero-order chi connectivity index (χ0) is 22.0. The summed E-state index contributed by atoms with van der Waals surface area (Å²) in [5, 5.41) is 11.9. The monoisotopic (exact) mass is 434 g/mol. The lowest BCUT2D eigenvalue weighted by Crippen LogP contribution is -2.22. The third kappa shape index (κ3) is 4.51. The summed E-state index contributed by atoms with van der Waals surface area (Å²) in [4.78, 5) is 29.7. The largest absolute Gasteiger partial charge is 0.325 e. The number of para-hydroxylation sites is 1. The summed E-state index contributed by atoms with van der Waals surface area (Å²) in [6, 6.07) is 13.1. The topological polar surface area (TPSA) is 94.2 Å². The summed E-state index contributed by atoms with van der Waals surface area (Å²) in [7, 11) is 1.83. The number of aromatic nitrogens is 5. The molecule has 0 aliphatic heterocycles. The van der Waals surface area contributed by atoms with Crippen LogP contribution in [0.2, 0.25) is 0 Å². The fourth-order valence-corrected chi connectivity index (χ4v) is 3.95. The molecule has 8 nitrogen and oxygen atoms in total. The van der Waals surface area contributed by atoms with Crippen molar-refractivity contribution in [2.75, 3.05) is 11.1 Å². The molecule has 0 saturated carbocycles. The molecule has 0 saturated heterocycles. The zero-order valence-electron chi connectivity index (χ0n) is 17.5. The van der Waals surface area contributed by atoms with E-state index in [1.54, 1.807) is 10.6 Å². The highest BCUT2D eigenvalue weighted by Gasteiger charge is 2.16. The molecule has 0 spiro atoms. The van der Waals surface area contributed by atoms with Crippen LogP contribution in [0.5, 0.6) is 0 Å². The molecule has 0 aliphatic carbocycles. The van der Waals surface area contributed by atoms with Crippen LogP contribution >= 0.6 is 11.8 Å². The number of carbonyl (C=O) groups excluding carboxylic acids is 1. The number of aryl methyl sites for hydroxylation is 2. The molecule has 9 heteroatoms. The smallest absolute Gasteiger partial charge is 0.261 e. The van der Waals surface area contributed by atoms with E-state index < -0.39 is 0 Å². The van der Waals surface area contributed by atoms with Crippen molar-refractivity contribution in [1.82, 2.24) is 24.1 Å². The van der Waals surface area contributed by atoms with Crippen molar-refractivity contribution in [3.8, 4) is 0 Å². The molecule has 0 fully saturated rings. The lowest BCUT2D eigenvalue weighted by molar-refractivity contribution is -0.113. The molecule has 4 rings (SSSR count). The molecule has 3 aromatic heterocycles. The number of hydrogen-bond acceptors (Lipinski definition) is 6. The first-order valence-corrected chi connectivity index (χ1v) is 10.8. The van der Waals surface area contributed by atoms with E-state index in [4.69, 9.17) is 0 Å². The molecule has 1 aromatic carbocycles. The lowest BCUT2D eigenvalue weighted by Gasteiger charge is -2.09. The van der Waals surface area contributed by atoms with Crippen LogP contribution in [0.1, 0.15) is 22.6 Å². The van der Waals surface area contributed by atoms with E-state index in [9.17, 15) is 9.59 Å². The molecule has 4 aromatic rings.